The Bertz CT molecular complexity index is 704. The molecule has 132 valence electrons. The molecular weight excluding hydrogens is 327 g/mol. The van der Waals surface area contributed by atoms with Crippen LogP contribution in [0.5, 0.6) is 0 Å². The first-order chi connectivity index (χ1) is 12.1. The Labute approximate surface area is 144 Å². The first-order valence-electron chi connectivity index (χ1n) is 8.24. The number of nitrogens with one attached hydrogen (secondary N) is 1. The number of rotatable bonds is 2. The summed E-state index contributed by atoms with van der Waals surface area (Å²) in [6.45, 7) is 2.31. The highest BCUT2D eigenvalue weighted by atomic mass is 19.1. The Balaban J connectivity index is 1.55. The average molecular weight is 346 g/mol. The topological polar surface area (TPSA) is 85.7 Å². The lowest BCUT2D eigenvalue weighted by molar-refractivity contribution is -0.142. The van der Waals surface area contributed by atoms with Gasteiger partial charge in [-0.1, -0.05) is 0 Å². The molecule has 1 atom stereocenters. The van der Waals surface area contributed by atoms with Crippen LogP contribution in [0.4, 0.5) is 14.9 Å². The van der Waals surface area contributed by atoms with Crippen molar-refractivity contribution in [3.8, 4) is 6.07 Å². The van der Waals surface area contributed by atoms with Gasteiger partial charge in [-0.3, -0.25) is 4.79 Å². The van der Waals surface area contributed by atoms with Crippen LogP contribution in [0.1, 0.15) is 18.4 Å². The SMILES string of the molecule is N#Cc1cc(F)ccc1NC(=O)N1CCN(C(=O)C2CCCO2)CC1. The van der Waals surface area contributed by atoms with Crippen molar-refractivity contribution in [2.75, 3.05) is 38.1 Å². The molecule has 0 spiro atoms. The van der Waals surface area contributed by atoms with Crippen LogP contribution in [0.2, 0.25) is 0 Å². The van der Waals surface area contributed by atoms with E-state index in [-0.39, 0.29) is 29.3 Å². The summed E-state index contributed by atoms with van der Waals surface area (Å²) < 4.78 is 18.6. The standard InChI is InChI=1S/C17H19FN4O3/c18-13-3-4-14(12(10-13)11-19)20-17(24)22-7-5-21(6-8-22)16(23)15-2-1-9-25-15/h3-4,10,15H,1-2,5-9H2,(H,20,24). The Morgan fingerprint density at radius 3 is 2.60 bits per heavy atom. The molecule has 0 saturated carbocycles. The van der Waals surface area contributed by atoms with Gasteiger partial charge in [-0.25, -0.2) is 9.18 Å². The normalized spacial score (nSPS) is 20.2. The average Bonchev–Trinajstić information content (AvgIpc) is 3.17. The second kappa shape index (κ2) is 7.49. The van der Waals surface area contributed by atoms with Crippen molar-refractivity contribution >= 4 is 17.6 Å². The van der Waals surface area contributed by atoms with Crippen molar-refractivity contribution in [3.05, 3.63) is 29.6 Å². The Hall–Kier alpha value is -2.66. The number of nitriles is 1. The van der Waals surface area contributed by atoms with Crippen LogP contribution in [-0.2, 0) is 9.53 Å². The van der Waals surface area contributed by atoms with Gasteiger partial charge in [0.1, 0.15) is 18.0 Å². The van der Waals surface area contributed by atoms with Crippen molar-refractivity contribution < 1.29 is 18.7 Å². The number of amides is 3. The number of hydrogen-bond donors (Lipinski definition) is 1. The van der Waals surface area contributed by atoms with Crippen LogP contribution in [0.15, 0.2) is 18.2 Å². The van der Waals surface area contributed by atoms with Gasteiger partial charge >= 0.3 is 6.03 Å². The summed E-state index contributed by atoms with van der Waals surface area (Å²) in [7, 11) is 0. The summed E-state index contributed by atoms with van der Waals surface area (Å²) in [5.74, 6) is -0.543. The molecule has 7 nitrogen and oxygen atoms in total. The summed E-state index contributed by atoms with van der Waals surface area (Å²) >= 11 is 0. The number of benzene rings is 1. The van der Waals surface area contributed by atoms with Gasteiger partial charge in [0.25, 0.3) is 5.91 Å². The van der Waals surface area contributed by atoms with Gasteiger partial charge in [-0.15, -0.1) is 0 Å². The Morgan fingerprint density at radius 2 is 1.96 bits per heavy atom. The van der Waals surface area contributed by atoms with E-state index in [1.54, 1.807) is 9.80 Å². The summed E-state index contributed by atoms with van der Waals surface area (Å²) in [5, 5.41) is 11.7. The fourth-order valence-corrected chi connectivity index (χ4v) is 3.02. The molecule has 1 aromatic carbocycles. The third-order valence-electron chi connectivity index (χ3n) is 4.43. The minimum Gasteiger partial charge on any atom is -0.368 e. The number of nitrogens with zero attached hydrogens (tertiary/aromatic N) is 3. The van der Waals surface area contributed by atoms with Crippen molar-refractivity contribution in [3.63, 3.8) is 0 Å². The van der Waals surface area contributed by atoms with E-state index in [1.165, 1.54) is 12.1 Å². The maximum absolute atomic E-state index is 13.2. The summed E-state index contributed by atoms with van der Waals surface area (Å²) in [6, 6.07) is 5.12. The van der Waals surface area contributed by atoms with Gasteiger partial charge in [-0.2, -0.15) is 5.26 Å². The molecule has 25 heavy (non-hydrogen) atoms. The molecule has 2 heterocycles. The van der Waals surface area contributed by atoms with Gasteiger partial charge in [0.2, 0.25) is 0 Å². The molecule has 0 bridgehead atoms. The van der Waals surface area contributed by atoms with Crippen LogP contribution in [-0.4, -0.2) is 60.6 Å². The van der Waals surface area contributed by atoms with Crippen LogP contribution in [0.25, 0.3) is 0 Å². The number of hydrogen-bond acceptors (Lipinski definition) is 4. The molecule has 3 amide bonds. The number of urea groups is 1. The third kappa shape index (κ3) is 3.88. The first-order valence-corrected chi connectivity index (χ1v) is 8.24. The van der Waals surface area contributed by atoms with Gasteiger partial charge in [-0.05, 0) is 31.0 Å². The van der Waals surface area contributed by atoms with Crippen molar-refractivity contribution in [2.45, 2.75) is 18.9 Å². The van der Waals surface area contributed by atoms with Crippen LogP contribution >= 0.6 is 0 Å². The summed E-state index contributed by atoms with van der Waals surface area (Å²) in [5.41, 5.74) is 0.340. The fraction of sp³-hybridized carbons (Fsp3) is 0.471. The summed E-state index contributed by atoms with van der Waals surface area (Å²) in [6.07, 6.45) is 1.30. The Kier molecular flexibility index (Phi) is 5.14. The highest BCUT2D eigenvalue weighted by Gasteiger charge is 2.31. The van der Waals surface area contributed by atoms with E-state index < -0.39 is 5.82 Å². The number of piperazine rings is 1. The molecule has 2 saturated heterocycles. The molecule has 2 aliphatic rings. The lowest BCUT2D eigenvalue weighted by Gasteiger charge is -2.35. The maximum atomic E-state index is 13.2. The molecule has 3 rings (SSSR count). The zero-order valence-electron chi connectivity index (χ0n) is 13.7. The minimum absolute atomic E-state index is 0.0112. The minimum atomic E-state index is -0.532. The van der Waals surface area contributed by atoms with Gasteiger partial charge in [0.15, 0.2) is 0 Å². The molecule has 1 unspecified atom stereocenters. The van der Waals surface area contributed by atoms with E-state index >= 15 is 0 Å². The van der Waals surface area contributed by atoms with Gasteiger partial charge < -0.3 is 19.9 Å². The molecule has 0 aliphatic carbocycles. The second-order valence-electron chi connectivity index (χ2n) is 6.05. The predicted octanol–water partition coefficient (Wildman–Crippen LogP) is 1.55. The third-order valence-corrected chi connectivity index (χ3v) is 4.43. The maximum Gasteiger partial charge on any atom is 0.322 e. The van der Waals surface area contributed by atoms with Gasteiger partial charge in [0.05, 0.1) is 11.3 Å². The van der Waals surface area contributed by atoms with Crippen LogP contribution in [0.3, 0.4) is 0 Å². The van der Waals surface area contributed by atoms with E-state index in [9.17, 15) is 14.0 Å². The molecule has 2 fully saturated rings. The first kappa shape index (κ1) is 17.2. The molecule has 8 heteroatoms. The Morgan fingerprint density at radius 1 is 1.24 bits per heavy atom. The van der Waals surface area contributed by atoms with Crippen molar-refractivity contribution in [2.24, 2.45) is 0 Å². The van der Waals surface area contributed by atoms with E-state index in [0.29, 0.717) is 32.8 Å². The number of halogens is 1. The summed E-state index contributed by atoms with van der Waals surface area (Å²) in [4.78, 5) is 27.9. The lowest BCUT2D eigenvalue weighted by atomic mass is 10.2. The zero-order chi connectivity index (χ0) is 17.8. The fourth-order valence-electron chi connectivity index (χ4n) is 3.02. The highest BCUT2D eigenvalue weighted by molar-refractivity contribution is 5.91. The van der Waals surface area contributed by atoms with E-state index in [1.807, 2.05) is 6.07 Å². The number of carbonyl (C=O) groups is 2. The number of anilines is 1. The van der Waals surface area contributed by atoms with E-state index in [4.69, 9.17) is 10.00 Å². The number of carbonyl (C=O) groups excluding carboxylic acids is 2. The van der Waals surface area contributed by atoms with E-state index in [2.05, 4.69) is 5.32 Å². The number of ether oxygens (including phenoxy) is 1. The van der Waals surface area contributed by atoms with Crippen molar-refractivity contribution in [1.29, 1.82) is 5.26 Å². The second-order valence-corrected chi connectivity index (χ2v) is 6.05. The molecule has 1 aromatic rings. The van der Waals surface area contributed by atoms with Gasteiger partial charge in [0, 0.05) is 32.8 Å². The van der Waals surface area contributed by atoms with Crippen molar-refractivity contribution in [1.82, 2.24) is 9.80 Å². The molecule has 0 aromatic heterocycles. The smallest absolute Gasteiger partial charge is 0.322 e. The largest absolute Gasteiger partial charge is 0.368 e. The predicted molar refractivity (Wildman–Crippen MR) is 87.3 cm³/mol. The molecule has 0 radical (unpaired) electrons. The van der Waals surface area contributed by atoms with E-state index in [0.717, 1.165) is 18.9 Å². The lowest BCUT2D eigenvalue weighted by Crippen LogP contribution is -2.53. The molecule has 2 aliphatic heterocycles. The quantitative estimate of drug-likeness (QED) is 0.880. The highest BCUT2D eigenvalue weighted by Crippen LogP contribution is 2.18. The zero-order valence-corrected chi connectivity index (χ0v) is 13.7. The molecular formula is C17H19FN4O3. The monoisotopic (exact) mass is 346 g/mol. The van der Waals surface area contributed by atoms with Crippen LogP contribution < -0.4 is 5.32 Å². The van der Waals surface area contributed by atoms with Crippen LogP contribution in [0, 0.1) is 17.1 Å². The molecule has 1 N–H and O–H groups in total.